The average molecular weight is 356 g/mol. The summed E-state index contributed by atoms with van der Waals surface area (Å²) in [6, 6.07) is 9.02. The van der Waals surface area contributed by atoms with Gasteiger partial charge in [-0.05, 0) is 31.4 Å². The predicted molar refractivity (Wildman–Crippen MR) is 97.1 cm³/mol. The van der Waals surface area contributed by atoms with E-state index in [1.165, 1.54) is 0 Å². The first-order chi connectivity index (χ1) is 12.6. The molecule has 0 bridgehead atoms. The number of nitrogens with zero attached hydrogens (tertiary/aromatic N) is 1. The number of hydrogen-bond acceptors (Lipinski definition) is 4. The molecule has 1 fully saturated rings. The van der Waals surface area contributed by atoms with Crippen molar-refractivity contribution in [3.8, 4) is 5.75 Å². The first-order valence-corrected chi connectivity index (χ1v) is 8.90. The average Bonchev–Trinajstić information content (AvgIpc) is 3.40. The standard InChI is InChI=1S/C19H24N4O3/c1-3-14(13-6-4-5-7-17(13)26-11-18(24)20-2)21-19(25)16-10-15(22-23-16)12-8-9-12/h4-7,10,12,14H,3,8-9,11H2,1-2H3,(H,20,24)(H,21,25)(H,22,23). The second kappa shape index (κ2) is 8.03. The largest absolute Gasteiger partial charge is 0.483 e. The molecule has 2 amide bonds. The van der Waals surface area contributed by atoms with E-state index in [1.807, 2.05) is 31.2 Å². The lowest BCUT2D eigenvalue weighted by atomic mass is 10.0. The molecule has 1 atom stereocenters. The summed E-state index contributed by atoms with van der Waals surface area (Å²) in [6.07, 6.45) is 2.99. The van der Waals surface area contributed by atoms with Crippen molar-refractivity contribution in [3.05, 3.63) is 47.3 Å². The Kier molecular flexibility index (Phi) is 5.55. The van der Waals surface area contributed by atoms with Crippen LogP contribution in [0.1, 0.15) is 59.9 Å². The molecule has 0 saturated heterocycles. The van der Waals surface area contributed by atoms with Crippen molar-refractivity contribution in [2.45, 2.75) is 38.1 Å². The summed E-state index contributed by atoms with van der Waals surface area (Å²) in [4.78, 5) is 24.0. The molecule has 1 aromatic heterocycles. The molecule has 3 N–H and O–H groups in total. The maximum absolute atomic E-state index is 12.6. The number of H-pyrrole nitrogens is 1. The Balaban J connectivity index is 1.71. The van der Waals surface area contributed by atoms with Crippen molar-refractivity contribution in [2.75, 3.05) is 13.7 Å². The molecule has 0 spiro atoms. The lowest BCUT2D eigenvalue weighted by Crippen LogP contribution is -2.29. The van der Waals surface area contributed by atoms with Crippen molar-refractivity contribution in [2.24, 2.45) is 0 Å². The van der Waals surface area contributed by atoms with Crippen molar-refractivity contribution >= 4 is 11.8 Å². The Hall–Kier alpha value is -2.83. The number of hydrogen-bond donors (Lipinski definition) is 3. The number of para-hydroxylation sites is 1. The fourth-order valence-electron chi connectivity index (χ4n) is 2.80. The summed E-state index contributed by atoms with van der Waals surface area (Å²) in [5.74, 6) is 0.677. The monoisotopic (exact) mass is 356 g/mol. The zero-order valence-electron chi connectivity index (χ0n) is 15.0. The Bertz CT molecular complexity index is 783. The molecule has 1 saturated carbocycles. The number of aromatic amines is 1. The van der Waals surface area contributed by atoms with E-state index in [9.17, 15) is 9.59 Å². The minimum absolute atomic E-state index is 0.0675. The molecule has 3 rings (SSSR count). The molecule has 7 nitrogen and oxygen atoms in total. The van der Waals surface area contributed by atoms with E-state index < -0.39 is 0 Å². The van der Waals surface area contributed by atoms with Crippen molar-refractivity contribution in [1.82, 2.24) is 20.8 Å². The minimum Gasteiger partial charge on any atom is -0.483 e. The van der Waals surface area contributed by atoms with Gasteiger partial charge in [-0.2, -0.15) is 5.10 Å². The molecule has 2 aromatic rings. The number of benzene rings is 1. The summed E-state index contributed by atoms with van der Waals surface area (Å²) in [6.45, 7) is 1.92. The lowest BCUT2D eigenvalue weighted by molar-refractivity contribution is -0.122. The van der Waals surface area contributed by atoms with Gasteiger partial charge in [-0.1, -0.05) is 25.1 Å². The maximum Gasteiger partial charge on any atom is 0.272 e. The molecule has 1 aliphatic carbocycles. The maximum atomic E-state index is 12.6. The van der Waals surface area contributed by atoms with Crippen LogP contribution in [0.2, 0.25) is 0 Å². The van der Waals surface area contributed by atoms with Crippen molar-refractivity contribution < 1.29 is 14.3 Å². The van der Waals surface area contributed by atoms with E-state index >= 15 is 0 Å². The van der Waals surface area contributed by atoms with Crippen molar-refractivity contribution in [1.29, 1.82) is 0 Å². The molecule has 138 valence electrons. The van der Waals surface area contributed by atoms with Gasteiger partial charge >= 0.3 is 0 Å². The SMILES string of the molecule is CCC(NC(=O)c1cc(C2CC2)[nH]n1)c1ccccc1OCC(=O)NC. The Morgan fingerprint density at radius 2 is 2.12 bits per heavy atom. The normalized spacial score (nSPS) is 14.5. The van der Waals surface area contributed by atoms with Gasteiger partial charge < -0.3 is 15.4 Å². The van der Waals surface area contributed by atoms with Crippen LogP contribution in [0.3, 0.4) is 0 Å². The third-order valence-corrected chi connectivity index (χ3v) is 4.49. The number of carbonyl (C=O) groups excluding carboxylic acids is 2. The zero-order chi connectivity index (χ0) is 18.5. The van der Waals surface area contributed by atoms with Crippen LogP contribution in [0.5, 0.6) is 5.75 Å². The number of amides is 2. The molecule has 1 unspecified atom stereocenters. The zero-order valence-corrected chi connectivity index (χ0v) is 15.0. The van der Waals surface area contributed by atoms with E-state index in [2.05, 4.69) is 20.8 Å². The third-order valence-electron chi connectivity index (χ3n) is 4.49. The lowest BCUT2D eigenvalue weighted by Gasteiger charge is -2.20. The van der Waals surface area contributed by atoms with Gasteiger partial charge in [0.1, 0.15) is 11.4 Å². The topological polar surface area (TPSA) is 96.1 Å². The smallest absolute Gasteiger partial charge is 0.272 e. The van der Waals surface area contributed by atoms with E-state index in [0.29, 0.717) is 23.8 Å². The number of rotatable bonds is 8. The molecule has 0 radical (unpaired) electrons. The van der Waals surface area contributed by atoms with Crippen LogP contribution >= 0.6 is 0 Å². The summed E-state index contributed by atoms with van der Waals surface area (Å²) >= 11 is 0. The molecule has 1 heterocycles. The molecule has 7 heteroatoms. The minimum atomic E-state index is -0.232. The fraction of sp³-hybridized carbons (Fsp3) is 0.421. The molecule has 1 aliphatic rings. The summed E-state index contributed by atoms with van der Waals surface area (Å²) in [5.41, 5.74) is 2.26. The highest BCUT2D eigenvalue weighted by Gasteiger charge is 2.27. The highest BCUT2D eigenvalue weighted by Crippen LogP contribution is 2.39. The van der Waals surface area contributed by atoms with E-state index in [0.717, 1.165) is 24.1 Å². The third kappa shape index (κ3) is 4.22. The van der Waals surface area contributed by atoms with Gasteiger partial charge in [0.15, 0.2) is 6.61 Å². The van der Waals surface area contributed by atoms with E-state index in [4.69, 9.17) is 4.74 Å². The summed E-state index contributed by atoms with van der Waals surface area (Å²) < 4.78 is 5.62. The van der Waals surface area contributed by atoms with Crippen LogP contribution in [0, 0.1) is 0 Å². The van der Waals surface area contributed by atoms with Crippen LogP contribution in [-0.2, 0) is 4.79 Å². The molecule has 0 aliphatic heterocycles. The Labute approximate surface area is 152 Å². The van der Waals surface area contributed by atoms with Crippen molar-refractivity contribution in [3.63, 3.8) is 0 Å². The molecule has 26 heavy (non-hydrogen) atoms. The number of ether oxygens (including phenoxy) is 1. The summed E-state index contributed by atoms with van der Waals surface area (Å²) in [5, 5.41) is 12.6. The van der Waals surface area contributed by atoms with E-state index in [1.54, 1.807) is 13.1 Å². The van der Waals surface area contributed by atoms with Crippen LogP contribution in [0.4, 0.5) is 0 Å². The van der Waals surface area contributed by atoms with Gasteiger partial charge in [0.05, 0.1) is 6.04 Å². The quantitative estimate of drug-likeness (QED) is 0.676. The van der Waals surface area contributed by atoms with Gasteiger partial charge in [0, 0.05) is 24.2 Å². The van der Waals surface area contributed by atoms with Gasteiger partial charge in [-0.3, -0.25) is 14.7 Å². The van der Waals surface area contributed by atoms with Gasteiger partial charge in [-0.15, -0.1) is 0 Å². The van der Waals surface area contributed by atoms with E-state index in [-0.39, 0.29) is 24.5 Å². The summed E-state index contributed by atoms with van der Waals surface area (Å²) in [7, 11) is 1.56. The van der Waals surface area contributed by atoms with Crippen LogP contribution < -0.4 is 15.4 Å². The number of carbonyl (C=O) groups is 2. The van der Waals surface area contributed by atoms with Crippen LogP contribution in [0.25, 0.3) is 0 Å². The predicted octanol–water partition coefficient (Wildman–Crippen LogP) is 2.29. The van der Waals surface area contributed by atoms with Crippen LogP contribution in [-0.4, -0.2) is 35.7 Å². The van der Waals surface area contributed by atoms with Gasteiger partial charge in [0.2, 0.25) is 0 Å². The van der Waals surface area contributed by atoms with Crippen LogP contribution in [0.15, 0.2) is 30.3 Å². The Morgan fingerprint density at radius 1 is 1.35 bits per heavy atom. The number of likely N-dealkylation sites (N-methyl/N-ethyl adjacent to an activating group) is 1. The molecular formula is C19H24N4O3. The molecular weight excluding hydrogens is 332 g/mol. The first kappa shape index (κ1) is 18.0. The molecule has 1 aromatic carbocycles. The fourth-order valence-corrected chi connectivity index (χ4v) is 2.80. The highest BCUT2D eigenvalue weighted by molar-refractivity contribution is 5.92. The first-order valence-electron chi connectivity index (χ1n) is 8.90. The van der Waals surface area contributed by atoms with Gasteiger partial charge in [-0.25, -0.2) is 0 Å². The number of aromatic nitrogens is 2. The Morgan fingerprint density at radius 3 is 2.81 bits per heavy atom. The highest BCUT2D eigenvalue weighted by atomic mass is 16.5. The number of nitrogens with one attached hydrogen (secondary N) is 3. The second-order valence-corrected chi connectivity index (χ2v) is 6.42. The van der Waals surface area contributed by atoms with Gasteiger partial charge in [0.25, 0.3) is 11.8 Å². The second-order valence-electron chi connectivity index (χ2n) is 6.42.